The summed E-state index contributed by atoms with van der Waals surface area (Å²) in [5.41, 5.74) is 6.24. The molecule has 244 valence electrons. The van der Waals surface area contributed by atoms with Gasteiger partial charge in [-0.15, -0.1) is 0 Å². The van der Waals surface area contributed by atoms with Gasteiger partial charge in [0.1, 0.15) is 12.1 Å². The highest BCUT2D eigenvalue weighted by molar-refractivity contribution is 5.98. The monoisotopic (exact) mass is 618 g/mol. The maximum absolute atomic E-state index is 13.3. The zero-order chi connectivity index (χ0) is 32.6. The highest BCUT2D eigenvalue weighted by Crippen LogP contribution is 2.19. The fourth-order valence-electron chi connectivity index (χ4n) is 4.75. The molecule has 0 unspecified atom stereocenters. The van der Waals surface area contributed by atoms with E-state index in [1.807, 2.05) is 0 Å². The number of nitrogens with one attached hydrogen (secondary N) is 4. The van der Waals surface area contributed by atoms with E-state index >= 15 is 0 Å². The lowest BCUT2D eigenvalue weighted by atomic mass is 9.96. The largest absolute Gasteiger partial charge is 0.466 e. The van der Waals surface area contributed by atoms with Crippen molar-refractivity contribution in [3.63, 3.8) is 0 Å². The van der Waals surface area contributed by atoms with Gasteiger partial charge in [-0.25, -0.2) is 4.79 Å². The van der Waals surface area contributed by atoms with Gasteiger partial charge < -0.3 is 41.7 Å². The van der Waals surface area contributed by atoms with Gasteiger partial charge in [-0.1, -0.05) is 26.0 Å². The third-order valence-corrected chi connectivity index (χ3v) is 7.30. The van der Waals surface area contributed by atoms with E-state index in [1.54, 1.807) is 49.9 Å². The predicted octanol–water partition coefficient (Wildman–Crippen LogP) is 0.773. The first kappa shape index (κ1) is 36.0. The molecule has 0 bridgehead atoms. The average Bonchev–Trinajstić information content (AvgIpc) is 3.00. The Labute approximate surface area is 257 Å². The Morgan fingerprint density at radius 3 is 2.23 bits per heavy atom. The van der Waals surface area contributed by atoms with Crippen molar-refractivity contribution in [3.05, 3.63) is 29.8 Å². The average molecular weight is 619 g/mol. The van der Waals surface area contributed by atoms with Gasteiger partial charge in [0.2, 0.25) is 23.6 Å². The second-order valence-electron chi connectivity index (χ2n) is 11.0. The number of nitrogens with zero attached hydrogens (tertiary/aromatic N) is 1. The van der Waals surface area contributed by atoms with Crippen LogP contribution in [-0.4, -0.2) is 84.0 Å². The summed E-state index contributed by atoms with van der Waals surface area (Å²) in [7, 11) is 0. The second-order valence-corrected chi connectivity index (χ2v) is 11.0. The van der Waals surface area contributed by atoms with E-state index in [0.29, 0.717) is 50.2 Å². The maximum Gasteiger partial charge on any atom is 0.312 e. The first-order chi connectivity index (χ1) is 20.9. The summed E-state index contributed by atoms with van der Waals surface area (Å²) in [6, 6.07) is 3.88. The molecule has 14 heteroatoms. The molecule has 1 aromatic rings. The molecule has 0 spiro atoms. The molecular weight excluding hydrogens is 572 g/mol. The molecule has 1 aliphatic rings. The first-order valence-corrected chi connectivity index (χ1v) is 15.0. The van der Waals surface area contributed by atoms with Gasteiger partial charge in [0, 0.05) is 38.2 Å². The maximum atomic E-state index is 13.3. The number of hydrogen-bond acceptors (Lipinski definition) is 8. The van der Waals surface area contributed by atoms with E-state index in [0.717, 1.165) is 0 Å². The number of carbonyl (C=O) groups excluding carboxylic acids is 6. The molecule has 1 aromatic carbocycles. The molecule has 1 heterocycles. The van der Waals surface area contributed by atoms with Crippen LogP contribution >= 0.6 is 0 Å². The van der Waals surface area contributed by atoms with Crippen molar-refractivity contribution >= 4 is 41.3 Å². The van der Waals surface area contributed by atoms with E-state index < -0.39 is 35.8 Å². The van der Waals surface area contributed by atoms with Crippen LogP contribution in [0.2, 0.25) is 0 Å². The molecule has 0 saturated carbocycles. The molecule has 0 radical (unpaired) electrons. The zero-order valence-corrected chi connectivity index (χ0v) is 25.7. The minimum atomic E-state index is -0.994. The summed E-state index contributed by atoms with van der Waals surface area (Å²) in [4.78, 5) is 76.5. The van der Waals surface area contributed by atoms with E-state index in [9.17, 15) is 33.9 Å². The van der Waals surface area contributed by atoms with E-state index in [2.05, 4.69) is 21.3 Å². The summed E-state index contributed by atoms with van der Waals surface area (Å²) < 4.78 is 5.06. The first-order valence-electron chi connectivity index (χ1n) is 15.0. The van der Waals surface area contributed by atoms with Crippen molar-refractivity contribution in [1.29, 1.82) is 0 Å². The van der Waals surface area contributed by atoms with Gasteiger partial charge in [0.15, 0.2) is 0 Å². The van der Waals surface area contributed by atoms with Crippen molar-refractivity contribution < 1.29 is 38.6 Å². The molecule has 1 fully saturated rings. The smallest absolute Gasteiger partial charge is 0.312 e. The number of esters is 1. The fourth-order valence-corrected chi connectivity index (χ4v) is 4.75. The minimum absolute atomic E-state index is 0.0463. The number of anilines is 1. The number of amides is 6. The number of aliphatic hydroxyl groups is 1. The Hall–Kier alpha value is -4.20. The Kier molecular flexibility index (Phi) is 15.1. The number of hydrogen-bond donors (Lipinski definition) is 6. The SMILES string of the molecule is CCOC(=O)C1CCN(C(=O)CCC(=O)N[C@H](C(=O)N[C@@H](CCCNC(N)=O)C(=O)Nc2ccc(CO)cc2)C(C)C)CC1. The molecule has 6 amide bonds. The molecule has 44 heavy (non-hydrogen) atoms. The summed E-state index contributed by atoms with van der Waals surface area (Å²) in [5.74, 6) is -2.58. The van der Waals surface area contributed by atoms with Crippen LogP contribution in [0, 0.1) is 11.8 Å². The number of primary amides is 1. The summed E-state index contributed by atoms with van der Waals surface area (Å²) >= 11 is 0. The lowest BCUT2D eigenvalue weighted by molar-refractivity contribution is -0.151. The van der Waals surface area contributed by atoms with Crippen LogP contribution in [0.1, 0.15) is 64.9 Å². The molecular formula is C30H46N6O8. The van der Waals surface area contributed by atoms with Crippen LogP contribution in [0.15, 0.2) is 24.3 Å². The molecule has 7 N–H and O–H groups in total. The molecule has 0 aromatic heterocycles. The lowest BCUT2D eigenvalue weighted by Gasteiger charge is -2.31. The van der Waals surface area contributed by atoms with Crippen LogP contribution in [0.5, 0.6) is 0 Å². The lowest BCUT2D eigenvalue weighted by Crippen LogP contribution is -2.54. The van der Waals surface area contributed by atoms with E-state index in [-0.39, 0.29) is 56.1 Å². The van der Waals surface area contributed by atoms with Crippen LogP contribution < -0.4 is 27.0 Å². The van der Waals surface area contributed by atoms with Gasteiger partial charge in [0.25, 0.3) is 0 Å². The van der Waals surface area contributed by atoms with Gasteiger partial charge in [-0.05, 0) is 56.2 Å². The molecule has 1 saturated heterocycles. The van der Waals surface area contributed by atoms with Crippen molar-refractivity contribution in [2.45, 2.75) is 78.0 Å². The Morgan fingerprint density at radius 1 is 1.00 bits per heavy atom. The van der Waals surface area contributed by atoms with Crippen LogP contribution in [0.4, 0.5) is 10.5 Å². The third kappa shape index (κ3) is 12.2. The Morgan fingerprint density at radius 2 is 1.66 bits per heavy atom. The summed E-state index contributed by atoms with van der Waals surface area (Å²) in [5, 5.41) is 19.8. The van der Waals surface area contributed by atoms with Crippen LogP contribution in [0.25, 0.3) is 0 Å². The topological polar surface area (TPSA) is 209 Å². The minimum Gasteiger partial charge on any atom is -0.466 e. The number of benzene rings is 1. The number of urea groups is 1. The Balaban J connectivity index is 1.95. The van der Waals surface area contributed by atoms with Crippen molar-refractivity contribution in [1.82, 2.24) is 20.9 Å². The number of carbonyl (C=O) groups is 6. The van der Waals surface area contributed by atoms with Crippen molar-refractivity contribution in [2.24, 2.45) is 17.6 Å². The van der Waals surface area contributed by atoms with Gasteiger partial charge in [0.05, 0.1) is 19.1 Å². The van der Waals surface area contributed by atoms with Crippen molar-refractivity contribution in [3.8, 4) is 0 Å². The number of nitrogens with two attached hydrogens (primary N) is 1. The van der Waals surface area contributed by atoms with Gasteiger partial charge >= 0.3 is 12.0 Å². The zero-order valence-electron chi connectivity index (χ0n) is 25.7. The summed E-state index contributed by atoms with van der Waals surface area (Å²) in [6.07, 6.45) is 1.35. The van der Waals surface area contributed by atoms with Crippen molar-refractivity contribution in [2.75, 3.05) is 31.6 Å². The standard InChI is InChI=1S/C30H46N6O8/c1-4-44-29(42)21-13-16-36(17-14-21)25(39)12-11-24(38)35-26(19(2)3)28(41)34-23(6-5-15-32-30(31)43)27(40)33-22-9-7-20(18-37)8-10-22/h7-10,19,21,23,26,37H,4-6,11-18H2,1-3H3,(H,33,40)(H,34,41)(H,35,38)(H3,31,32,43)/t23-,26-/m0/s1. The quantitative estimate of drug-likeness (QED) is 0.115. The molecule has 14 nitrogen and oxygen atoms in total. The van der Waals surface area contributed by atoms with Crippen LogP contribution in [-0.2, 0) is 35.3 Å². The second kappa shape index (κ2) is 18.5. The molecule has 0 aliphatic carbocycles. The number of piperidine rings is 1. The van der Waals surface area contributed by atoms with Gasteiger partial charge in [-0.3, -0.25) is 24.0 Å². The molecule has 1 aliphatic heterocycles. The highest BCUT2D eigenvalue weighted by atomic mass is 16.5. The Bertz CT molecular complexity index is 1130. The number of aliphatic hydroxyl groups excluding tert-OH is 1. The van der Waals surface area contributed by atoms with E-state index in [1.165, 1.54) is 0 Å². The highest BCUT2D eigenvalue weighted by Gasteiger charge is 2.30. The van der Waals surface area contributed by atoms with E-state index in [4.69, 9.17) is 10.5 Å². The molecule has 2 rings (SSSR count). The number of ether oxygens (including phenoxy) is 1. The fraction of sp³-hybridized carbons (Fsp3) is 0.600. The number of likely N-dealkylation sites (tertiary alicyclic amines) is 1. The summed E-state index contributed by atoms with van der Waals surface area (Å²) in [6.45, 7) is 6.42. The molecule has 2 atom stereocenters. The number of rotatable bonds is 16. The predicted molar refractivity (Wildman–Crippen MR) is 162 cm³/mol. The normalized spacial score (nSPS) is 14.7. The van der Waals surface area contributed by atoms with Gasteiger partial charge in [-0.2, -0.15) is 0 Å². The van der Waals surface area contributed by atoms with Crippen LogP contribution in [0.3, 0.4) is 0 Å². The third-order valence-electron chi connectivity index (χ3n) is 7.30.